The second kappa shape index (κ2) is 6.37. The van der Waals surface area contributed by atoms with Gasteiger partial charge in [-0.25, -0.2) is 0 Å². The predicted molar refractivity (Wildman–Crippen MR) is 93.6 cm³/mol. The van der Waals surface area contributed by atoms with Gasteiger partial charge in [-0.15, -0.1) is 0 Å². The molecule has 0 N–H and O–H groups in total. The summed E-state index contributed by atoms with van der Waals surface area (Å²) in [6.07, 6.45) is 2.16. The first-order chi connectivity index (χ1) is 10.7. The fourth-order valence-corrected chi connectivity index (χ4v) is 3.05. The van der Waals surface area contributed by atoms with Gasteiger partial charge in [-0.05, 0) is 24.1 Å². The van der Waals surface area contributed by atoms with E-state index in [1.54, 1.807) is 12.1 Å². The van der Waals surface area contributed by atoms with E-state index in [4.69, 9.17) is 11.6 Å². The van der Waals surface area contributed by atoms with Crippen LogP contribution >= 0.6 is 11.6 Å². The summed E-state index contributed by atoms with van der Waals surface area (Å²) in [6, 6.07) is 17.4. The molecular weight excluding hydrogens is 294 g/mol. The number of aryl methyl sites for hydroxylation is 1. The lowest BCUT2D eigenvalue weighted by molar-refractivity contribution is 0.651. The number of nitrogens with zero attached hydrogens (tertiary/aromatic N) is 1. The average Bonchev–Trinajstić information content (AvgIpc) is 2.54. The van der Waals surface area contributed by atoms with Crippen LogP contribution in [0.15, 0.2) is 59.4 Å². The van der Waals surface area contributed by atoms with E-state index in [1.165, 1.54) is 0 Å². The highest BCUT2D eigenvalue weighted by Gasteiger charge is 2.12. The van der Waals surface area contributed by atoms with Gasteiger partial charge >= 0.3 is 0 Å². The van der Waals surface area contributed by atoms with Crippen LogP contribution in [0, 0.1) is 0 Å². The molecule has 2 nitrogen and oxygen atoms in total. The third kappa shape index (κ3) is 2.67. The van der Waals surface area contributed by atoms with E-state index >= 15 is 0 Å². The molecule has 1 heterocycles. The number of aromatic nitrogens is 1. The van der Waals surface area contributed by atoms with Crippen LogP contribution < -0.4 is 5.43 Å². The van der Waals surface area contributed by atoms with E-state index in [2.05, 4.69) is 11.5 Å². The SMILES string of the molecule is CCCCn1c(-c2ccccc2)cc(=O)c2c(Cl)cccc21. The Morgan fingerprint density at radius 2 is 1.82 bits per heavy atom. The van der Waals surface area contributed by atoms with E-state index in [1.807, 2.05) is 42.5 Å². The van der Waals surface area contributed by atoms with Crippen molar-refractivity contribution in [2.45, 2.75) is 26.3 Å². The molecule has 0 saturated carbocycles. The number of benzene rings is 2. The number of hydrogen-bond acceptors (Lipinski definition) is 1. The minimum absolute atomic E-state index is 0.0211. The Hall–Kier alpha value is -2.06. The summed E-state index contributed by atoms with van der Waals surface area (Å²) >= 11 is 6.25. The van der Waals surface area contributed by atoms with Crippen molar-refractivity contribution < 1.29 is 0 Å². The summed E-state index contributed by atoms with van der Waals surface area (Å²) in [5, 5.41) is 1.13. The largest absolute Gasteiger partial charge is 0.340 e. The number of hydrogen-bond donors (Lipinski definition) is 0. The summed E-state index contributed by atoms with van der Waals surface area (Å²) in [4.78, 5) is 12.5. The Labute approximate surface area is 135 Å². The van der Waals surface area contributed by atoms with Crippen molar-refractivity contribution in [3.05, 3.63) is 69.8 Å². The standard InChI is InChI=1S/C19H18ClNO/c1-2-3-12-21-16-11-7-10-15(20)19(16)18(22)13-17(21)14-8-5-4-6-9-14/h4-11,13H,2-3,12H2,1H3. The molecule has 0 atom stereocenters. The number of pyridine rings is 1. The van der Waals surface area contributed by atoms with Gasteiger partial charge in [0.15, 0.2) is 5.43 Å². The summed E-state index contributed by atoms with van der Waals surface area (Å²) in [6.45, 7) is 3.04. The molecule has 0 saturated heterocycles. The molecular formula is C19H18ClNO. The molecule has 22 heavy (non-hydrogen) atoms. The smallest absolute Gasteiger partial charge is 0.191 e. The summed E-state index contributed by atoms with van der Waals surface area (Å²) in [5.74, 6) is 0. The Balaban J connectivity index is 2.34. The molecule has 0 radical (unpaired) electrons. The van der Waals surface area contributed by atoms with Crippen LogP contribution in [-0.4, -0.2) is 4.57 Å². The topological polar surface area (TPSA) is 22.0 Å². The van der Waals surface area contributed by atoms with Gasteiger partial charge in [-0.3, -0.25) is 4.79 Å². The van der Waals surface area contributed by atoms with Crippen LogP contribution in [0.5, 0.6) is 0 Å². The van der Waals surface area contributed by atoms with E-state index in [0.717, 1.165) is 36.2 Å². The molecule has 112 valence electrons. The molecule has 0 aliphatic carbocycles. The van der Waals surface area contributed by atoms with Crippen LogP contribution in [0.1, 0.15) is 19.8 Å². The van der Waals surface area contributed by atoms with Gasteiger partial charge in [-0.1, -0.05) is 61.3 Å². The molecule has 3 heteroatoms. The lowest BCUT2D eigenvalue weighted by Gasteiger charge is -2.17. The van der Waals surface area contributed by atoms with E-state index in [0.29, 0.717) is 10.4 Å². The minimum Gasteiger partial charge on any atom is -0.340 e. The third-order valence-electron chi connectivity index (χ3n) is 3.89. The first-order valence-corrected chi connectivity index (χ1v) is 7.97. The van der Waals surface area contributed by atoms with Gasteiger partial charge in [0.1, 0.15) is 0 Å². The summed E-state index contributed by atoms with van der Waals surface area (Å²) in [5.41, 5.74) is 2.89. The van der Waals surface area contributed by atoms with Gasteiger partial charge in [0.25, 0.3) is 0 Å². The second-order valence-electron chi connectivity index (χ2n) is 5.40. The van der Waals surface area contributed by atoms with E-state index in [-0.39, 0.29) is 5.43 Å². The summed E-state index contributed by atoms with van der Waals surface area (Å²) in [7, 11) is 0. The highest BCUT2D eigenvalue weighted by molar-refractivity contribution is 6.35. The zero-order valence-corrected chi connectivity index (χ0v) is 13.3. The van der Waals surface area contributed by atoms with Crippen LogP contribution in [0.4, 0.5) is 0 Å². The Morgan fingerprint density at radius 1 is 1.05 bits per heavy atom. The molecule has 1 aromatic heterocycles. The van der Waals surface area contributed by atoms with E-state index in [9.17, 15) is 4.79 Å². The maximum absolute atomic E-state index is 12.5. The molecule has 0 aliphatic rings. The van der Waals surface area contributed by atoms with Crippen LogP contribution in [0.3, 0.4) is 0 Å². The lowest BCUT2D eigenvalue weighted by atomic mass is 10.1. The normalized spacial score (nSPS) is 11.0. The van der Waals surface area contributed by atoms with Gasteiger partial charge in [0.05, 0.1) is 21.6 Å². The molecule has 0 bridgehead atoms. The van der Waals surface area contributed by atoms with Crippen LogP contribution in [0.25, 0.3) is 22.2 Å². The van der Waals surface area contributed by atoms with Crippen molar-refractivity contribution in [1.82, 2.24) is 4.57 Å². The van der Waals surface area contributed by atoms with E-state index < -0.39 is 0 Å². The minimum atomic E-state index is -0.0211. The van der Waals surface area contributed by atoms with Gasteiger partial charge < -0.3 is 4.57 Å². The first kappa shape index (κ1) is 14.9. The fraction of sp³-hybridized carbons (Fsp3) is 0.211. The van der Waals surface area contributed by atoms with Crippen molar-refractivity contribution in [2.24, 2.45) is 0 Å². The van der Waals surface area contributed by atoms with Gasteiger partial charge in [0.2, 0.25) is 0 Å². The second-order valence-corrected chi connectivity index (χ2v) is 5.81. The first-order valence-electron chi connectivity index (χ1n) is 7.60. The lowest BCUT2D eigenvalue weighted by Crippen LogP contribution is -2.12. The zero-order chi connectivity index (χ0) is 15.5. The van der Waals surface area contributed by atoms with Crippen molar-refractivity contribution in [3.8, 4) is 11.3 Å². The molecule has 0 aliphatic heterocycles. The maximum atomic E-state index is 12.5. The number of fused-ring (bicyclic) bond motifs is 1. The van der Waals surface area contributed by atoms with Crippen molar-refractivity contribution in [2.75, 3.05) is 0 Å². The number of unbranched alkanes of at least 4 members (excludes halogenated alkanes) is 1. The van der Waals surface area contributed by atoms with Crippen LogP contribution in [-0.2, 0) is 6.54 Å². The predicted octanol–water partition coefficient (Wildman–Crippen LogP) is 5.12. The molecule has 3 aromatic rings. The van der Waals surface area contributed by atoms with Gasteiger partial charge in [0, 0.05) is 12.6 Å². The Kier molecular flexibility index (Phi) is 4.30. The van der Waals surface area contributed by atoms with Crippen LogP contribution in [0.2, 0.25) is 5.02 Å². The third-order valence-corrected chi connectivity index (χ3v) is 4.21. The number of rotatable bonds is 4. The summed E-state index contributed by atoms with van der Waals surface area (Å²) < 4.78 is 2.21. The molecule has 3 rings (SSSR count). The molecule has 0 spiro atoms. The fourth-order valence-electron chi connectivity index (χ4n) is 2.79. The molecule has 2 aromatic carbocycles. The monoisotopic (exact) mass is 311 g/mol. The Morgan fingerprint density at radius 3 is 2.55 bits per heavy atom. The quantitative estimate of drug-likeness (QED) is 0.655. The molecule has 0 fully saturated rings. The van der Waals surface area contributed by atoms with Crippen molar-refractivity contribution >= 4 is 22.5 Å². The highest BCUT2D eigenvalue weighted by atomic mass is 35.5. The Bertz CT molecular complexity index is 852. The molecule has 0 amide bonds. The van der Waals surface area contributed by atoms with Gasteiger partial charge in [-0.2, -0.15) is 0 Å². The maximum Gasteiger partial charge on any atom is 0.191 e. The zero-order valence-electron chi connectivity index (χ0n) is 12.6. The van der Waals surface area contributed by atoms with Crippen molar-refractivity contribution in [3.63, 3.8) is 0 Å². The number of halogens is 1. The highest BCUT2D eigenvalue weighted by Crippen LogP contribution is 2.26. The molecule has 0 unspecified atom stereocenters. The average molecular weight is 312 g/mol. The van der Waals surface area contributed by atoms with Crippen molar-refractivity contribution in [1.29, 1.82) is 0 Å².